The van der Waals surface area contributed by atoms with E-state index >= 15 is 0 Å². The maximum atomic E-state index is 11.6. The van der Waals surface area contributed by atoms with Gasteiger partial charge in [-0.3, -0.25) is 4.79 Å². The van der Waals surface area contributed by atoms with E-state index in [1.807, 2.05) is 6.08 Å². The lowest BCUT2D eigenvalue weighted by Crippen LogP contribution is -2.25. The predicted octanol–water partition coefficient (Wildman–Crippen LogP) is 12.7. The summed E-state index contributed by atoms with van der Waals surface area (Å²) in [6, 6.07) is 0. The van der Waals surface area contributed by atoms with Crippen LogP contribution in [0.3, 0.4) is 0 Å². The summed E-state index contributed by atoms with van der Waals surface area (Å²) in [4.78, 5) is 11.6. The quantitative estimate of drug-likeness (QED) is 0.0943. The second-order valence-electron chi connectivity index (χ2n) is 12.3. The molecule has 1 nitrogen and oxygen atoms in total. The lowest BCUT2D eigenvalue weighted by Gasteiger charge is -2.32. The number of unbranched alkanes of at least 4 members (excludes halogenated alkanes) is 21. The van der Waals surface area contributed by atoms with Gasteiger partial charge in [0.2, 0.25) is 0 Å². The average molecular weight is 505 g/mol. The minimum Gasteiger partial charge on any atom is -0.300 e. The molecule has 0 saturated heterocycles. The summed E-state index contributed by atoms with van der Waals surface area (Å²) in [5.74, 6) is 0.507. The van der Waals surface area contributed by atoms with E-state index in [2.05, 4.69) is 27.4 Å². The molecular formula is C35H68O. The van der Waals surface area contributed by atoms with Gasteiger partial charge in [0.05, 0.1) is 0 Å². The second-order valence-corrected chi connectivity index (χ2v) is 12.3. The lowest BCUT2D eigenvalue weighted by molar-refractivity contribution is -0.123. The molecule has 1 fully saturated rings. The highest BCUT2D eigenvalue weighted by Crippen LogP contribution is 2.38. The Morgan fingerprint density at radius 2 is 1.03 bits per heavy atom. The fraction of sp³-hybridized carbons (Fsp3) is 0.914. The first kappa shape index (κ1) is 35.4. The first-order valence-electron chi connectivity index (χ1n) is 16.7. The Morgan fingerprint density at radius 3 is 1.42 bits per heavy atom. The molecule has 0 aromatic carbocycles. The number of carbonyl (C=O) groups is 1. The number of ketones is 1. The maximum Gasteiger partial charge on any atom is 0.133 e. The summed E-state index contributed by atoms with van der Waals surface area (Å²) in [7, 11) is 0. The smallest absolute Gasteiger partial charge is 0.133 e. The van der Waals surface area contributed by atoms with Gasteiger partial charge in [-0.25, -0.2) is 0 Å². The lowest BCUT2D eigenvalue weighted by atomic mass is 9.72. The molecule has 0 aromatic heterocycles. The Kier molecular flexibility index (Phi) is 27.0. The van der Waals surface area contributed by atoms with Crippen LogP contribution in [-0.4, -0.2) is 5.78 Å². The van der Waals surface area contributed by atoms with Crippen molar-refractivity contribution in [3.63, 3.8) is 0 Å². The molecule has 36 heavy (non-hydrogen) atoms. The fourth-order valence-electron chi connectivity index (χ4n) is 5.75. The third-order valence-corrected chi connectivity index (χ3v) is 8.26. The Labute approximate surface area is 229 Å². The van der Waals surface area contributed by atoms with Crippen molar-refractivity contribution in [2.24, 2.45) is 5.41 Å². The third-order valence-electron chi connectivity index (χ3n) is 8.26. The minimum absolute atomic E-state index is 0.341. The van der Waals surface area contributed by atoms with Gasteiger partial charge in [-0.15, -0.1) is 6.58 Å². The molecule has 214 valence electrons. The van der Waals surface area contributed by atoms with E-state index < -0.39 is 0 Å². The summed E-state index contributed by atoms with van der Waals surface area (Å²) in [6.07, 6.45) is 39.8. The molecular weight excluding hydrogens is 436 g/mol. The summed E-state index contributed by atoms with van der Waals surface area (Å²) in [6.45, 7) is 10.6. The highest BCUT2D eigenvalue weighted by atomic mass is 16.1. The van der Waals surface area contributed by atoms with E-state index in [1.165, 1.54) is 161 Å². The molecule has 0 aromatic rings. The second kappa shape index (κ2) is 27.4. The standard InChI is InChI=1S/C21H40O.C14H28/c1-3-4-5-6-7-8-9-10-11-12-13-14-17-21(2)18-15-16-20(22)19-21;1-3-5-7-9-11-13-14-12-10-8-6-4-2/h3-19H2,1-2H3;3H,1,4-14H2,2H3/t21-;/m1./s1. The normalized spacial score (nSPS) is 17.6. The van der Waals surface area contributed by atoms with E-state index in [-0.39, 0.29) is 0 Å². The van der Waals surface area contributed by atoms with Crippen LogP contribution in [0.15, 0.2) is 12.7 Å². The van der Waals surface area contributed by atoms with Gasteiger partial charge in [0, 0.05) is 12.8 Å². The van der Waals surface area contributed by atoms with Crippen LogP contribution in [0.2, 0.25) is 0 Å². The molecule has 0 bridgehead atoms. The van der Waals surface area contributed by atoms with Crippen molar-refractivity contribution in [2.75, 3.05) is 0 Å². The highest BCUT2D eigenvalue weighted by molar-refractivity contribution is 5.79. The largest absolute Gasteiger partial charge is 0.300 e. The molecule has 1 atom stereocenters. The molecule has 0 aliphatic heterocycles. The molecule has 0 N–H and O–H groups in total. The van der Waals surface area contributed by atoms with Crippen LogP contribution in [0.4, 0.5) is 0 Å². The van der Waals surface area contributed by atoms with Crippen molar-refractivity contribution in [2.45, 2.75) is 201 Å². The average Bonchev–Trinajstić information content (AvgIpc) is 2.86. The SMILES string of the molecule is C=CCCCCCCCCCCCC.CCCCCCCCCCCCCC[C@]1(C)CCCC(=O)C1. The number of hydrogen-bond donors (Lipinski definition) is 0. The van der Waals surface area contributed by atoms with Crippen LogP contribution in [-0.2, 0) is 4.79 Å². The van der Waals surface area contributed by atoms with E-state index in [0.29, 0.717) is 11.2 Å². The molecule has 0 amide bonds. The van der Waals surface area contributed by atoms with Crippen LogP contribution in [0, 0.1) is 5.41 Å². The number of allylic oxidation sites excluding steroid dienone is 1. The first-order chi connectivity index (χ1) is 17.6. The molecule has 0 heterocycles. The van der Waals surface area contributed by atoms with Crippen LogP contribution >= 0.6 is 0 Å². The minimum atomic E-state index is 0.341. The topological polar surface area (TPSA) is 17.1 Å². The monoisotopic (exact) mass is 505 g/mol. The summed E-state index contributed by atoms with van der Waals surface area (Å²) in [5, 5.41) is 0. The highest BCUT2D eigenvalue weighted by Gasteiger charge is 2.30. The van der Waals surface area contributed by atoms with Crippen molar-refractivity contribution in [1.82, 2.24) is 0 Å². The van der Waals surface area contributed by atoms with Crippen molar-refractivity contribution >= 4 is 5.78 Å². The summed E-state index contributed by atoms with van der Waals surface area (Å²) >= 11 is 0. The zero-order valence-electron chi connectivity index (χ0n) is 25.5. The number of rotatable bonds is 24. The Morgan fingerprint density at radius 1 is 0.639 bits per heavy atom. The molecule has 1 aliphatic rings. The Balaban J connectivity index is 0.000000757. The van der Waals surface area contributed by atoms with Crippen molar-refractivity contribution in [3.8, 4) is 0 Å². The van der Waals surface area contributed by atoms with Gasteiger partial charge in [0.15, 0.2) is 0 Å². The predicted molar refractivity (Wildman–Crippen MR) is 164 cm³/mol. The van der Waals surface area contributed by atoms with Crippen molar-refractivity contribution < 1.29 is 4.79 Å². The van der Waals surface area contributed by atoms with E-state index in [0.717, 1.165) is 19.3 Å². The number of Topliss-reactive ketones (excluding diaryl/α,β-unsaturated/α-hetero) is 1. The van der Waals surface area contributed by atoms with Gasteiger partial charge in [-0.05, 0) is 37.5 Å². The summed E-state index contributed by atoms with van der Waals surface area (Å²) < 4.78 is 0. The Hall–Kier alpha value is -0.590. The van der Waals surface area contributed by atoms with Gasteiger partial charge < -0.3 is 0 Å². The van der Waals surface area contributed by atoms with Gasteiger partial charge in [0.25, 0.3) is 0 Å². The molecule has 1 saturated carbocycles. The van der Waals surface area contributed by atoms with Gasteiger partial charge in [-0.2, -0.15) is 0 Å². The van der Waals surface area contributed by atoms with E-state index in [4.69, 9.17) is 0 Å². The van der Waals surface area contributed by atoms with Gasteiger partial charge >= 0.3 is 0 Å². The third kappa shape index (κ3) is 25.1. The fourth-order valence-corrected chi connectivity index (χ4v) is 5.75. The number of carbonyl (C=O) groups excluding carboxylic acids is 1. The first-order valence-corrected chi connectivity index (χ1v) is 16.7. The zero-order chi connectivity index (χ0) is 26.6. The van der Waals surface area contributed by atoms with Crippen LogP contribution in [0.5, 0.6) is 0 Å². The van der Waals surface area contributed by atoms with Crippen LogP contribution in [0.1, 0.15) is 201 Å². The molecule has 1 aliphatic carbocycles. The number of hydrogen-bond acceptors (Lipinski definition) is 1. The molecule has 0 radical (unpaired) electrons. The molecule has 1 heteroatoms. The van der Waals surface area contributed by atoms with Crippen molar-refractivity contribution in [1.29, 1.82) is 0 Å². The van der Waals surface area contributed by atoms with Gasteiger partial charge in [0.1, 0.15) is 5.78 Å². The van der Waals surface area contributed by atoms with E-state index in [9.17, 15) is 4.79 Å². The van der Waals surface area contributed by atoms with Gasteiger partial charge in [-0.1, -0.05) is 162 Å². The van der Waals surface area contributed by atoms with Crippen molar-refractivity contribution in [3.05, 3.63) is 12.7 Å². The molecule has 0 unspecified atom stereocenters. The molecule has 1 rings (SSSR count). The van der Waals surface area contributed by atoms with Crippen LogP contribution in [0.25, 0.3) is 0 Å². The van der Waals surface area contributed by atoms with Crippen LogP contribution < -0.4 is 0 Å². The molecule has 0 spiro atoms. The summed E-state index contributed by atoms with van der Waals surface area (Å²) in [5.41, 5.74) is 0.341. The maximum absolute atomic E-state index is 11.6. The van der Waals surface area contributed by atoms with E-state index in [1.54, 1.807) is 0 Å². The Bertz CT molecular complexity index is 467. The zero-order valence-corrected chi connectivity index (χ0v) is 25.5.